The van der Waals surface area contributed by atoms with E-state index in [1.807, 2.05) is 12.1 Å². The Morgan fingerprint density at radius 2 is 2.24 bits per heavy atom. The van der Waals surface area contributed by atoms with E-state index in [4.69, 9.17) is 32.5 Å². The van der Waals surface area contributed by atoms with E-state index >= 15 is 0 Å². The lowest BCUT2D eigenvalue weighted by atomic mass is 9.75. The maximum Gasteiger partial charge on any atom is 0.120 e. The van der Waals surface area contributed by atoms with E-state index in [0.29, 0.717) is 24.8 Å². The van der Waals surface area contributed by atoms with Gasteiger partial charge < -0.3 is 20.9 Å². The molecule has 2 rings (SSSR count). The molecule has 0 bridgehead atoms. The van der Waals surface area contributed by atoms with E-state index in [-0.39, 0.29) is 11.5 Å². The molecule has 0 aromatic heterocycles. The van der Waals surface area contributed by atoms with E-state index < -0.39 is 0 Å². The molecule has 1 aliphatic heterocycles. The summed E-state index contributed by atoms with van der Waals surface area (Å²) in [5, 5.41) is 0.608. The van der Waals surface area contributed by atoms with Gasteiger partial charge in [-0.1, -0.05) is 17.7 Å². The molecule has 17 heavy (non-hydrogen) atoms. The van der Waals surface area contributed by atoms with Gasteiger partial charge in [-0.05, 0) is 17.7 Å². The van der Waals surface area contributed by atoms with Gasteiger partial charge in [-0.15, -0.1) is 0 Å². The normalized spacial score (nSPS) is 19.5. The Kier molecular flexibility index (Phi) is 3.58. The lowest BCUT2D eigenvalue weighted by Gasteiger charge is -2.45. The molecule has 1 atom stereocenters. The van der Waals surface area contributed by atoms with Gasteiger partial charge in [0.05, 0.1) is 20.3 Å². The Hall–Kier alpha value is -0.810. The third-order valence-electron chi connectivity index (χ3n) is 3.39. The summed E-state index contributed by atoms with van der Waals surface area (Å²) in [7, 11) is 1.60. The van der Waals surface area contributed by atoms with Gasteiger partial charge in [0.2, 0.25) is 0 Å². The second kappa shape index (κ2) is 4.82. The molecule has 0 radical (unpaired) electrons. The predicted molar refractivity (Wildman–Crippen MR) is 67.2 cm³/mol. The topological polar surface area (TPSA) is 70.5 Å². The first-order valence-electron chi connectivity index (χ1n) is 5.50. The minimum Gasteiger partial charge on any atom is -0.497 e. The van der Waals surface area contributed by atoms with Gasteiger partial charge in [-0.3, -0.25) is 0 Å². The summed E-state index contributed by atoms with van der Waals surface area (Å²) in [6.07, 6.45) is 0. The van der Waals surface area contributed by atoms with Gasteiger partial charge in [0.15, 0.2) is 0 Å². The fourth-order valence-electron chi connectivity index (χ4n) is 2.01. The van der Waals surface area contributed by atoms with Crippen LogP contribution in [0.4, 0.5) is 0 Å². The second-order valence-electron chi connectivity index (χ2n) is 4.42. The maximum atomic E-state index is 6.25. The monoisotopic (exact) mass is 256 g/mol. The smallest absolute Gasteiger partial charge is 0.120 e. The molecule has 4 nitrogen and oxygen atoms in total. The first kappa shape index (κ1) is 12.6. The molecule has 1 aromatic carbocycles. The van der Waals surface area contributed by atoms with E-state index in [2.05, 4.69) is 0 Å². The summed E-state index contributed by atoms with van der Waals surface area (Å²) in [5.74, 6) is 0.720. The fraction of sp³-hybridized carbons (Fsp3) is 0.500. The van der Waals surface area contributed by atoms with Gasteiger partial charge >= 0.3 is 0 Å². The highest BCUT2D eigenvalue weighted by Gasteiger charge is 2.44. The number of hydrogen-bond acceptors (Lipinski definition) is 4. The third-order valence-corrected chi connectivity index (χ3v) is 3.72. The number of halogens is 1. The lowest BCUT2D eigenvalue weighted by Crippen LogP contribution is -2.54. The predicted octanol–water partition coefficient (Wildman–Crippen LogP) is 1.32. The third kappa shape index (κ3) is 2.13. The SMILES string of the molecule is COc1ccc(C(N)C2(CN)COC2)c(Cl)c1. The average Bonchev–Trinajstić information content (AvgIpc) is 2.28. The molecule has 1 unspecified atom stereocenters. The standard InChI is InChI=1S/C12H17ClN2O2/c1-16-8-2-3-9(10(13)4-8)11(15)12(5-14)6-17-7-12/h2-4,11H,5-7,14-15H2,1H3. The van der Waals surface area contributed by atoms with Crippen LogP contribution in [0.5, 0.6) is 5.75 Å². The van der Waals surface area contributed by atoms with Gasteiger partial charge in [0, 0.05) is 23.0 Å². The van der Waals surface area contributed by atoms with Crippen LogP contribution in [0.3, 0.4) is 0 Å². The van der Waals surface area contributed by atoms with Crippen molar-refractivity contribution in [2.24, 2.45) is 16.9 Å². The number of ether oxygens (including phenoxy) is 2. The Bertz CT molecular complexity index is 402. The van der Waals surface area contributed by atoms with Crippen molar-refractivity contribution in [1.82, 2.24) is 0 Å². The molecule has 1 saturated heterocycles. The van der Waals surface area contributed by atoms with Crippen molar-refractivity contribution in [1.29, 1.82) is 0 Å². The largest absolute Gasteiger partial charge is 0.497 e. The van der Waals surface area contributed by atoms with Gasteiger partial charge in [-0.25, -0.2) is 0 Å². The molecule has 0 aliphatic carbocycles. The molecule has 1 aliphatic rings. The summed E-state index contributed by atoms with van der Waals surface area (Å²) in [5.41, 5.74) is 12.7. The summed E-state index contributed by atoms with van der Waals surface area (Å²) in [4.78, 5) is 0. The van der Waals surface area contributed by atoms with Crippen LogP contribution in [0.15, 0.2) is 18.2 Å². The van der Waals surface area contributed by atoms with E-state index in [0.717, 1.165) is 11.3 Å². The van der Waals surface area contributed by atoms with Crippen LogP contribution in [0.25, 0.3) is 0 Å². The first-order valence-corrected chi connectivity index (χ1v) is 5.87. The molecule has 0 amide bonds. The van der Waals surface area contributed by atoms with Gasteiger partial charge in [0.1, 0.15) is 5.75 Å². The molecule has 94 valence electrons. The van der Waals surface area contributed by atoms with Crippen LogP contribution in [-0.4, -0.2) is 26.9 Å². The van der Waals surface area contributed by atoms with Crippen molar-refractivity contribution >= 4 is 11.6 Å². The molecular formula is C12H17ClN2O2. The van der Waals surface area contributed by atoms with E-state index in [1.54, 1.807) is 13.2 Å². The quantitative estimate of drug-likeness (QED) is 0.853. The van der Waals surface area contributed by atoms with Crippen molar-refractivity contribution in [3.63, 3.8) is 0 Å². The van der Waals surface area contributed by atoms with Crippen molar-refractivity contribution in [2.75, 3.05) is 26.9 Å². The number of nitrogens with two attached hydrogens (primary N) is 2. The Balaban J connectivity index is 2.27. The van der Waals surface area contributed by atoms with Crippen molar-refractivity contribution in [3.05, 3.63) is 28.8 Å². The van der Waals surface area contributed by atoms with Crippen molar-refractivity contribution in [2.45, 2.75) is 6.04 Å². The molecular weight excluding hydrogens is 240 g/mol. The zero-order chi connectivity index (χ0) is 12.5. The number of rotatable bonds is 4. The average molecular weight is 257 g/mol. The minimum absolute atomic E-state index is 0.182. The Labute approximate surface area is 106 Å². The van der Waals surface area contributed by atoms with E-state index in [9.17, 15) is 0 Å². The lowest BCUT2D eigenvalue weighted by molar-refractivity contribution is -0.121. The van der Waals surface area contributed by atoms with Crippen LogP contribution < -0.4 is 16.2 Å². The van der Waals surface area contributed by atoms with Gasteiger partial charge in [0.25, 0.3) is 0 Å². The van der Waals surface area contributed by atoms with Gasteiger partial charge in [-0.2, -0.15) is 0 Å². The second-order valence-corrected chi connectivity index (χ2v) is 4.83. The van der Waals surface area contributed by atoms with Crippen LogP contribution in [0.1, 0.15) is 11.6 Å². The molecule has 5 heteroatoms. The summed E-state index contributed by atoms with van der Waals surface area (Å²) in [6.45, 7) is 1.68. The molecule has 1 aromatic rings. The fourth-order valence-corrected chi connectivity index (χ4v) is 2.29. The van der Waals surface area contributed by atoms with E-state index in [1.165, 1.54) is 0 Å². The highest BCUT2D eigenvalue weighted by atomic mass is 35.5. The summed E-state index contributed by atoms with van der Waals surface area (Å²) in [6, 6.07) is 5.30. The summed E-state index contributed by atoms with van der Waals surface area (Å²) >= 11 is 6.21. The van der Waals surface area contributed by atoms with Crippen LogP contribution in [0, 0.1) is 5.41 Å². The molecule has 1 fully saturated rings. The van der Waals surface area contributed by atoms with Crippen LogP contribution in [0.2, 0.25) is 5.02 Å². The zero-order valence-electron chi connectivity index (χ0n) is 9.78. The molecule has 0 spiro atoms. The molecule has 0 saturated carbocycles. The highest BCUT2D eigenvalue weighted by Crippen LogP contribution is 2.40. The summed E-state index contributed by atoms with van der Waals surface area (Å²) < 4.78 is 10.3. The van der Waals surface area contributed by atoms with Crippen LogP contribution in [-0.2, 0) is 4.74 Å². The maximum absolute atomic E-state index is 6.25. The molecule has 1 heterocycles. The van der Waals surface area contributed by atoms with Crippen LogP contribution >= 0.6 is 11.6 Å². The van der Waals surface area contributed by atoms with Crippen molar-refractivity contribution < 1.29 is 9.47 Å². The minimum atomic E-state index is -0.209. The number of benzene rings is 1. The Morgan fingerprint density at radius 1 is 1.53 bits per heavy atom. The number of methoxy groups -OCH3 is 1. The first-order chi connectivity index (χ1) is 8.13. The van der Waals surface area contributed by atoms with Crippen molar-refractivity contribution in [3.8, 4) is 5.75 Å². The molecule has 4 N–H and O–H groups in total. The highest BCUT2D eigenvalue weighted by molar-refractivity contribution is 6.31. The number of hydrogen-bond donors (Lipinski definition) is 2. The Morgan fingerprint density at radius 3 is 2.65 bits per heavy atom. The zero-order valence-corrected chi connectivity index (χ0v) is 10.5.